The molecule has 1 atom stereocenters. The van der Waals surface area contributed by atoms with Crippen molar-refractivity contribution in [2.45, 2.75) is 6.04 Å². The molecule has 1 N–H and O–H groups in total. The molecule has 0 aliphatic carbocycles. The third-order valence-corrected chi connectivity index (χ3v) is 6.10. The summed E-state index contributed by atoms with van der Waals surface area (Å²) in [6.07, 6.45) is 1.45. The van der Waals surface area contributed by atoms with Crippen molar-refractivity contribution in [3.05, 3.63) is 35.0 Å². The van der Waals surface area contributed by atoms with E-state index in [1.165, 1.54) is 22.2 Å². The summed E-state index contributed by atoms with van der Waals surface area (Å²) in [5.74, 6) is 1.48. The van der Waals surface area contributed by atoms with Crippen LogP contribution >= 0.6 is 11.3 Å². The molecule has 0 bridgehead atoms. The lowest BCUT2D eigenvalue weighted by molar-refractivity contribution is 0.125. The zero-order valence-corrected chi connectivity index (χ0v) is 16.4. The number of thiazole rings is 1. The number of aromatic hydroxyl groups is 1. The molecular formula is C18H23N5O3S. The summed E-state index contributed by atoms with van der Waals surface area (Å²) in [5.41, 5.74) is 0.959. The maximum atomic E-state index is 10.8. The first-order valence-corrected chi connectivity index (χ1v) is 9.60. The number of piperazine rings is 1. The highest BCUT2D eigenvalue weighted by atomic mass is 32.1. The third-order valence-electron chi connectivity index (χ3n) is 5.02. The fraction of sp³-hybridized carbons (Fsp3) is 0.444. The van der Waals surface area contributed by atoms with Crippen LogP contribution in [0.3, 0.4) is 0 Å². The zero-order valence-electron chi connectivity index (χ0n) is 15.6. The normalized spacial score (nSPS) is 17.3. The molecule has 2 aromatic heterocycles. The maximum Gasteiger partial charge on any atom is 0.230 e. The summed E-state index contributed by atoms with van der Waals surface area (Å²) in [6.45, 7) is 3.69. The number of likely N-dealkylation sites (N-methyl/N-ethyl adjacent to an activating group) is 1. The van der Waals surface area contributed by atoms with Crippen molar-refractivity contribution in [2.24, 2.45) is 0 Å². The highest BCUT2D eigenvalue weighted by Crippen LogP contribution is 2.45. The Morgan fingerprint density at radius 3 is 2.59 bits per heavy atom. The molecule has 8 nitrogen and oxygen atoms in total. The van der Waals surface area contributed by atoms with E-state index in [-0.39, 0.29) is 11.9 Å². The number of hydrogen-bond acceptors (Lipinski definition) is 8. The van der Waals surface area contributed by atoms with Gasteiger partial charge in [-0.2, -0.15) is 9.61 Å². The highest BCUT2D eigenvalue weighted by molar-refractivity contribution is 7.17. The molecule has 1 aromatic carbocycles. The van der Waals surface area contributed by atoms with E-state index in [0.717, 1.165) is 36.6 Å². The Kier molecular flexibility index (Phi) is 4.90. The van der Waals surface area contributed by atoms with Gasteiger partial charge in [0.2, 0.25) is 10.8 Å². The summed E-state index contributed by atoms with van der Waals surface area (Å²) < 4.78 is 12.7. The molecule has 144 valence electrons. The summed E-state index contributed by atoms with van der Waals surface area (Å²) in [4.78, 5) is 10.4. The Morgan fingerprint density at radius 2 is 1.93 bits per heavy atom. The average molecular weight is 389 g/mol. The molecule has 27 heavy (non-hydrogen) atoms. The van der Waals surface area contributed by atoms with Crippen LogP contribution in [0.15, 0.2) is 24.5 Å². The van der Waals surface area contributed by atoms with Crippen molar-refractivity contribution in [3.8, 4) is 17.4 Å². The van der Waals surface area contributed by atoms with Gasteiger partial charge in [0.1, 0.15) is 6.33 Å². The summed E-state index contributed by atoms with van der Waals surface area (Å²) in [6, 6.07) is 5.69. The predicted molar refractivity (Wildman–Crippen MR) is 103 cm³/mol. The van der Waals surface area contributed by atoms with Crippen LogP contribution in [0.25, 0.3) is 4.96 Å². The van der Waals surface area contributed by atoms with Crippen LogP contribution in [0.1, 0.15) is 16.5 Å². The van der Waals surface area contributed by atoms with E-state index in [1.807, 2.05) is 18.2 Å². The molecule has 1 fully saturated rings. The van der Waals surface area contributed by atoms with Gasteiger partial charge in [-0.1, -0.05) is 23.5 Å². The molecule has 3 heterocycles. The van der Waals surface area contributed by atoms with Crippen LogP contribution in [-0.4, -0.2) is 77.0 Å². The summed E-state index contributed by atoms with van der Waals surface area (Å²) in [7, 11) is 5.40. The lowest BCUT2D eigenvalue weighted by Crippen LogP contribution is -2.46. The van der Waals surface area contributed by atoms with Gasteiger partial charge in [-0.25, -0.2) is 4.98 Å². The minimum Gasteiger partial charge on any atom is -0.493 e. The molecule has 0 amide bonds. The number of fused-ring (bicyclic) bond motifs is 1. The first-order valence-electron chi connectivity index (χ1n) is 8.79. The van der Waals surface area contributed by atoms with Gasteiger partial charge >= 0.3 is 0 Å². The Hall–Kier alpha value is -2.36. The van der Waals surface area contributed by atoms with Crippen molar-refractivity contribution in [1.82, 2.24) is 24.4 Å². The van der Waals surface area contributed by atoms with Gasteiger partial charge in [-0.3, -0.25) is 4.90 Å². The quantitative estimate of drug-likeness (QED) is 0.714. The van der Waals surface area contributed by atoms with Gasteiger partial charge < -0.3 is 19.5 Å². The van der Waals surface area contributed by atoms with E-state index in [4.69, 9.17) is 9.47 Å². The van der Waals surface area contributed by atoms with E-state index in [2.05, 4.69) is 26.9 Å². The molecule has 0 spiro atoms. The fourth-order valence-electron chi connectivity index (χ4n) is 3.58. The van der Waals surface area contributed by atoms with Crippen molar-refractivity contribution < 1.29 is 14.6 Å². The highest BCUT2D eigenvalue weighted by Gasteiger charge is 2.33. The topological polar surface area (TPSA) is 75.4 Å². The Bertz CT molecular complexity index is 932. The Labute approximate surface area is 161 Å². The standard InChI is InChI=1S/C18H23N5O3S/c1-21-7-9-22(10-8-21)14(12-5-4-6-13(25-2)15(12)26-3)16-17(24)23-18(27-16)19-11-20-23/h4-6,11,14,24H,7-10H2,1-3H3. The SMILES string of the molecule is COc1cccc(C(c2sc3ncnn3c2O)N2CCN(C)CC2)c1OC. The second-order valence-electron chi connectivity index (χ2n) is 6.57. The Balaban J connectivity index is 1.86. The van der Waals surface area contributed by atoms with Gasteiger partial charge in [0.05, 0.1) is 25.1 Å². The third kappa shape index (κ3) is 3.11. The first-order chi connectivity index (χ1) is 13.1. The van der Waals surface area contributed by atoms with E-state index < -0.39 is 0 Å². The van der Waals surface area contributed by atoms with E-state index in [1.54, 1.807) is 14.2 Å². The van der Waals surface area contributed by atoms with Gasteiger partial charge in [0.25, 0.3) is 0 Å². The molecule has 1 unspecified atom stereocenters. The first kappa shape index (κ1) is 18.0. The molecule has 0 saturated carbocycles. The lowest BCUT2D eigenvalue weighted by atomic mass is 10.0. The number of ether oxygens (including phenoxy) is 2. The minimum absolute atomic E-state index is 0.126. The van der Waals surface area contributed by atoms with E-state index in [9.17, 15) is 5.11 Å². The monoisotopic (exact) mass is 389 g/mol. The molecule has 0 radical (unpaired) electrons. The summed E-state index contributed by atoms with van der Waals surface area (Å²) in [5, 5.41) is 15.0. The lowest BCUT2D eigenvalue weighted by Gasteiger charge is -2.38. The number of nitrogens with zero attached hydrogens (tertiary/aromatic N) is 5. The van der Waals surface area contributed by atoms with Gasteiger partial charge in [-0.05, 0) is 13.1 Å². The second kappa shape index (κ2) is 7.34. The minimum atomic E-state index is -0.169. The molecule has 3 aromatic rings. The summed E-state index contributed by atoms with van der Waals surface area (Å²) >= 11 is 1.45. The smallest absolute Gasteiger partial charge is 0.230 e. The fourth-order valence-corrected chi connectivity index (χ4v) is 4.67. The van der Waals surface area contributed by atoms with E-state index >= 15 is 0 Å². The predicted octanol–water partition coefficient (Wildman–Crippen LogP) is 1.85. The van der Waals surface area contributed by atoms with Crippen LogP contribution in [0.2, 0.25) is 0 Å². The molecule has 1 aliphatic rings. The van der Waals surface area contributed by atoms with Gasteiger partial charge in [-0.15, -0.1) is 0 Å². The number of rotatable bonds is 5. The zero-order chi connectivity index (χ0) is 19.0. The second-order valence-corrected chi connectivity index (χ2v) is 7.58. The maximum absolute atomic E-state index is 10.8. The van der Waals surface area contributed by atoms with Crippen molar-refractivity contribution in [1.29, 1.82) is 0 Å². The molecule has 4 rings (SSSR count). The van der Waals surface area contributed by atoms with Crippen molar-refractivity contribution in [2.75, 3.05) is 47.4 Å². The average Bonchev–Trinajstić information content (AvgIpc) is 3.27. The van der Waals surface area contributed by atoms with Crippen LogP contribution in [0.5, 0.6) is 17.4 Å². The van der Waals surface area contributed by atoms with Gasteiger partial charge in [0, 0.05) is 31.7 Å². The van der Waals surface area contributed by atoms with E-state index in [0.29, 0.717) is 16.5 Å². The van der Waals surface area contributed by atoms with Crippen molar-refractivity contribution in [3.63, 3.8) is 0 Å². The number of hydrogen-bond donors (Lipinski definition) is 1. The largest absolute Gasteiger partial charge is 0.493 e. The molecule has 9 heteroatoms. The van der Waals surface area contributed by atoms with Gasteiger partial charge in [0.15, 0.2) is 11.5 Å². The van der Waals surface area contributed by atoms with Crippen LogP contribution in [0.4, 0.5) is 0 Å². The molecule has 1 aliphatic heterocycles. The van der Waals surface area contributed by atoms with Crippen molar-refractivity contribution >= 4 is 16.3 Å². The van der Waals surface area contributed by atoms with Crippen LogP contribution in [-0.2, 0) is 0 Å². The van der Waals surface area contributed by atoms with Crippen LogP contribution < -0.4 is 9.47 Å². The Morgan fingerprint density at radius 1 is 1.15 bits per heavy atom. The number of methoxy groups -OCH3 is 2. The number of para-hydroxylation sites is 1. The number of benzene rings is 1. The molecule has 1 saturated heterocycles. The molecular weight excluding hydrogens is 366 g/mol. The van der Waals surface area contributed by atoms with Crippen LogP contribution in [0, 0.1) is 0 Å². The number of aromatic nitrogens is 3.